The maximum absolute atomic E-state index is 12.6. The molecule has 1 N–H and O–H groups in total. The Morgan fingerprint density at radius 2 is 2.11 bits per heavy atom. The van der Waals surface area contributed by atoms with Crippen molar-refractivity contribution in [3.05, 3.63) is 47.3 Å². The quantitative estimate of drug-likeness (QED) is 0.860. The van der Waals surface area contributed by atoms with Gasteiger partial charge in [-0.05, 0) is 30.2 Å². The van der Waals surface area contributed by atoms with Crippen molar-refractivity contribution in [2.45, 2.75) is 19.1 Å². The molecule has 19 heavy (non-hydrogen) atoms. The Balaban J connectivity index is 2.05. The second kappa shape index (κ2) is 4.38. The van der Waals surface area contributed by atoms with Crippen LogP contribution in [0.3, 0.4) is 0 Å². The van der Waals surface area contributed by atoms with Crippen LogP contribution in [0.1, 0.15) is 16.7 Å². The highest BCUT2D eigenvalue weighted by atomic mass is 19.4. The first-order valence-corrected chi connectivity index (χ1v) is 5.99. The Kier molecular flexibility index (Phi) is 2.82. The van der Waals surface area contributed by atoms with Gasteiger partial charge in [-0.15, -0.1) is 0 Å². The summed E-state index contributed by atoms with van der Waals surface area (Å²) in [5, 5.41) is 7.08. The maximum atomic E-state index is 12.6. The van der Waals surface area contributed by atoms with Gasteiger partial charge in [-0.3, -0.25) is 0 Å². The number of benzene rings is 1. The molecule has 0 atom stereocenters. The summed E-state index contributed by atoms with van der Waals surface area (Å²) < 4.78 is 39.1. The molecule has 3 nitrogen and oxygen atoms in total. The van der Waals surface area contributed by atoms with Gasteiger partial charge in [0.1, 0.15) is 0 Å². The average Bonchev–Trinajstić information content (AvgIpc) is 2.87. The highest BCUT2D eigenvalue weighted by Gasteiger charge is 2.32. The lowest BCUT2D eigenvalue weighted by molar-refractivity contribution is -0.137. The molecule has 6 heteroatoms. The predicted octanol–water partition coefficient (Wildman–Crippen LogP) is 2.54. The fourth-order valence-electron chi connectivity index (χ4n) is 2.33. The second-order valence-electron chi connectivity index (χ2n) is 4.51. The number of hydrogen-bond acceptors (Lipinski definition) is 2. The standard InChI is InChI=1S/C13H12F3N3/c14-13(15,16)10-7-18-19(8-10)12-3-1-2-9-6-17-5-4-11(9)12/h1-3,7-8,17H,4-6H2. The summed E-state index contributed by atoms with van der Waals surface area (Å²) in [6, 6.07) is 5.63. The van der Waals surface area contributed by atoms with E-state index in [-0.39, 0.29) is 0 Å². The third-order valence-electron chi connectivity index (χ3n) is 3.27. The van der Waals surface area contributed by atoms with Crippen molar-refractivity contribution in [3.63, 3.8) is 0 Å². The number of fused-ring (bicyclic) bond motifs is 1. The number of hydrogen-bond donors (Lipinski definition) is 1. The summed E-state index contributed by atoms with van der Waals surface area (Å²) in [6.07, 6.45) is -1.65. The average molecular weight is 267 g/mol. The topological polar surface area (TPSA) is 29.9 Å². The van der Waals surface area contributed by atoms with E-state index in [0.29, 0.717) is 0 Å². The monoisotopic (exact) mass is 267 g/mol. The molecule has 100 valence electrons. The van der Waals surface area contributed by atoms with Gasteiger partial charge in [0.25, 0.3) is 0 Å². The van der Waals surface area contributed by atoms with Gasteiger partial charge >= 0.3 is 6.18 Å². The molecular weight excluding hydrogens is 255 g/mol. The Morgan fingerprint density at radius 3 is 2.84 bits per heavy atom. The number of nitrogens with one attached hydrogen (secondary N) is 1. The van der Waals surface area contributed by atoms with E-state index in [4.69, 9.17) is 0 Å². The molecule has 0 amide bonds. The zero-order chi connectivity index (χ0) is 13.5. The van der Waals surface area contributed by atoms with E-state index in [0.717, 1.165) is 48.7 Å². The molecule has 0 saturated heterocycles. The Morgan fingerprint density at radius 1 is 1.26 bits per heavy atom. The molecule has 3 rings (SSSR count). The van der Waals surface area contributed by atoms with Crippen molar-refractivity contribution in [2.75, 3.05) is 6.54 Å². The minimum absolute atomic E-state index is 0.723. The summed E-state index contributed by atoms with van der Waals surface area (Å²) in [5.41, 5.74) is 2.19. The highest BCUT2D eigenvalue weighted by molar-refractivity contribution is 5.47. The molecular formula is C13H12F3N3. The van der Waals surface area contributed by atoms with E-state index >= 15 is 0 Å². The van der Waals surface area contributed by atoms with E-state index in [1.165, 1.54) is 4.68 Å². The summed E-state index contributed by atoms with van der Waals surface area (Å²) in [7, 11) is 0. The van der Waals surface area contributed by atoms with Crippen LogP contribution in [0.4, 0.5) is 13.2 Å². The first-order valence-electron chi connectivity index (χ1n) is 5.99. The van der Waals surface area contributed by atoms with Gasteiger partial charge in [0, 0.05) is 12.7 Å². The maximum Gasteiger partial charge on any atom is 0.419 e. The van der Waals surface area contributed by atoms with Crippen molar-refractivity contribution in [1.29, 1.82) is 0 Å². The van der Waals surface area contributed by atoms with Crippen LogP contribution < -0.4 is 5.32 Å². The lowest BCUT2D eigenvalue weighted by Crippen LogP contribution is -2.24. The van der Waals surface area contributed by atoms with Gasteiger partial charge < -0.3 is 5.32 Å². The Bertz CT molecular complexity index is 601. The number of rotatable bonds is 1. The molecule has 2 heterocycles. The highest BCUT2D eigenvalue weighted by Crippen LogP contribution is 2.30. The second-order valence-corrected chi connectivity index (χ2v) is 4.51. The van der Waals surface area contributed by atoms with Crippen LogP contribution >= 0.6 is 0 Å². The Labute approximate surface area is 108 Å². The van der Waals surface area contributed by atoms with Gasteiger partial charge in [0.15, 0.2) is 0 Å². The molecule has 0 radical (unpaired) electrons. The van der Waals surface area contributed by atoms with E-state index in [2.05, 4.69) is 10.4 Å². The molecule has 1 aliphatic rings. The van der Waals surface area contributed by atoms with E-state index < -0.39 is 11.7 Å². The largest absolute Gasteiger partial charge is 0.419 e. The van der Waals surface area contributed by atoms with Gasteiger partial charge in [-0.1, -0.05) is 12.1 Å². The lowest BCUT2D eigenvalue weighted by Gasteiger charge is -2.20. The molecule has 0 aliphatic carbocycles. The van der Waals surface area contributed by atoms with E-state index in [1.54, 1.807) is 6.07 Å². The zero-order valence-corrected chi connectivity index (χ0v) is 10.0. The first kappa shape index (κ1) is 12.2. The summed E-state index contributed by atoms with van der Waals surface area (Å²) in [5.74, 6) is 0. The summed E-state index contributed by atoms with van der Waals surface area (Å²) >= 11 is 0. The molecule has 0 spiro atoms. The van der Waals surface area contributed by atoms with Crippen LogP contribution in [0.5, 0.6) is 0 Å². The number of alkyl halides is 3. The fraction of sp³-hybridized carbons (Fsp3) is 0.308. The van der Waals surface area contributed by atoms with Crippen molar-refractivity contribution in [3.8, 4) is 5.69 Å². The van der Waals surface area contributed by atoms with E-state index in [1.807, 2.05) is 12.1 Å². The normalized spacial score (nSPS) is 15.3. The van der Waals surface area contributed by atoms with Crippen LogP contribution in [0.2, 0.25) is 0 Å². The van der Waals surface area contributed by atoms with Crippen molar-refractivity contribution >= 4 is 0 Å². The van der Waals surface area contributed by atoms with Crippen molar-refractivity contribution < 1.29 is 13.2 Å². The molecule has 0 fully saturated rings. The predicted molar refractivity (Wildman–Crippen MR) is 64.0 cm³/mol. The molecule has 1 aromatic carbocycles. The van der Waals surface area contributed by atoms with E-state index in [9.17, 15) is 13.2 Å². The summed E-state index contributed by atoms with van der Waals surface area (Å²) in [6.45, 7) is 1.58. The van der Waals surface area contributed by atoms with Gasteiger partial charge in [0.05, 0.1) is 17.4 Å². The fourth-order valence-corrected chi connectivity index (χ4v) is 2.33. The first-order chi connectivity index (χ1) is 9.05. The zero-order valence-electron chi connectivity index (χ0n) is 10.0. The van der Waals surface area contributed by atoms with Crippen LogP contribution in [0.25, 0.3) is 5.69 Å². The van der Waals surface area contributed by atoms with Crippen molar-refractivity contribution in [2.24, 2.45) is 0 Å². The number of nitrogens with zero attached hydrogens (tertiary/aromatic N) is 2. The van der Waals surface area contributed by atoms with Crippen LogP contribution in [-0.4, -0.2) is 16.3 Å². The molecule has 0 saturated carbocycles. The number of halogens is 3. The van der Waals surface area contributed by atoms with Gasteiger partial charge in [0.2, 0.25) is 0 Å². The summed E-state index contributed by atoms with van der Waals surface area (Å²) in [4.78, 5) is 0. The minimum Gasteiger partial charge on any atom is -0.312 e. The molecule has 0 unspecified atom stereocenters. The van der Waals surface area contributed by atoms with Gasteiger partial charge in [-0.25, -0.2) is 4.68 Å². The minimum atomic E-state index is -4.35. The third-order valence-corrected chi connectivity index (χ3v) is 3.27. The lowest BCUT2D eigenvalue weighted by atomic mass is 9.99. The molecule has 1 aromatic heterocycles. The van der Waals surface area contributed by atoms with Crippen molar-refractivity contribution in [1.82, 2.24) is 15.1 Å². The van der Waals surface area contributed by atoms with Crippen LogP contribution in [0, 0.1) is 0 Å². The third kappa shape index (κ3) is 2.23. The SMILES string of the molecule is FC(F)(F)c1cnn(-c2cccc3c2CCNC3)c1. The Hall–Kier alpha value is -1.82. The smallest absolute Gasteiger partial charge is 0.312 e. The van der Waals surface area contributed by atoms with Gasteiger partial charge in [-0.2, -0.15) is 18.3 Å². The molecule has 0 bridgehead atoms. The molecule has 2 aromatic rings. The van der Waals surface area contributed by atoms with Crippen LogP contribution in [0.15, 0.2) is 30.6 Å². The van der Waals surface area contributed by atoms with Crippen LogP contribution in [-0.2, 0) is 19.1 Å². The number of aromatic nitrogens is 2. The molecule has 1 aliphatic heterocycles.